The first kappa shape index (κ1) is 8.75. The first-order chi connectivity index (χ1) is 6.29. The molecular weight excluding hydrogens is 182 g/mol. The van der Waals surface area contributed by atoms with E-state index < -0.39 is 0 Å². The summed E-state index contributed by atoms with van der Waals surface area (Å²) in [5, 5.41) is 0. The maximum Gasteiger partial charge on any atom is 0.133 e. The summed E-state index contributed by atoms with van der Waals surface area (Å²) in [5.74, 6) is 0.976. The van der Waals surface area contributed by atoms with Crippen LogP contribution >= 0.6 is 11.8 Å². The van der Waals surface area contributed by atoms with Gasteiger partial charge in [-0.05, 0) is 37.3 Å². The molecule has 1 fully saturated rings. The van der Waals surface area contributed by atoms with Gasteiger partial charge in [0.2, 0.25) is 0 Å². The molecule has 0 bridgehead atoms. The fourth-order valence-corrected chi connectivity index (χ4v) is 1.72. The van der Waals surface area contributed by atoms with Crippen LogP contribution in [0.25, 0.3) is 0 Å². The molecule has 70 valence electrons. The van der Waals surface area contributed by atoms with Gasteiger partial charge in [-0.2, -0.15) is 0 Å². The third kappa shape index (κ3) is 2.10. The van der Waals surface area contributed by atoms with E-state index in [0.29, 0.717) is 6.10 Å². The molecule has 1 aliphatic carbocycles. The van der Waals surface area contributed by atoms with Crippen LogP contribution in [0.4, 0.5) is 5.69 Å². The summed E-state index contributed by atoms with van der Waals surface area (Å²) >= 11 is 1.67. The largest absolute Gasteiger partial charge is 0.489 e. The number of hydrogen-bond donors (Lipinski definition) is 1. The average molecular weight is 195 g/mol. The molecule has 0 aromatic heterocycles. The molecule has 13 heavy (non-hydrogen) atoms. The standard InChI is InChI=1S/C10H13NOS/c1-13-10-6-7(11)2-5-9(10)12-8-3-4-8/h2,5-6,8H,3-4,11H2,1H3. The monoisotopic (exact) mass is 195 g/mol. The number of anilines is 1. The number of rotatable bonds is 3. The Morgan fingerprint density at radius 2 is 2.23 bits per heavy atom. The molecule has 2 rings (SSSR count). The molecular formula is C10H13NOS. The van der Waals surface area contributed by atoms with Gasteiger partial charge in [-0.1, -0.05) is 0 Å². The number of thioether (sulfide) groups is 1. The molecule has 0 unspecified atom stereocenters. The fourth-order valence-electron chi connectivity index (χ4n) is 1.15. The summed E-state index contributed by atoms with van der Waals surface area (Å²) in [6, 6.07) is 5.80. The molecule has 0 saturated heterocycles. The quantitative estimate of drug-likeness (QED) is 0.594. The highest BCUT2D eigenvalue weighted by Gasteiger charge is 2.24. The third-order valence-electron chi connectivity index (χ3n) is 2.01. The van der Waals surface area contributed by atoms with Gasteiger partial charge in [-0.25, -0.2) is 0 Å². The smallest absolute Gasteiger partial charge is 0.133 e. The van der Waals surface area contributed by atoms with Crippen molar-refractivity contribution in [3.05, 3.63) is 18.2 Å². The molecule has 0 aliphatic heterocycles. The minimum atomic E-state index is 0.453. The zero-order chi connectivity index (χ0) is 9.26. The molecule has 0 spiro atoms. The molecule has 1 saturated carbocycles. The third-order valence-corrected chi connectivity index (χ3v) is 2.76. The number of nitrogens with two attached hydrogens (primary N) is 1. The number of benzene rings is 1. The van der Waals surface area contributed by atoms with Crippen LogP contribution in [0, 0.1) is 0 Å². The lowest BCUT2D eigenvalue weighted by Crippen LogP contribution is -1.97. The minimum absolute atomic E-state index is 0.453. The topological polar surface area (TPSA) is 35.2 Å². The lowest BCUT2D eigenvalue weighted by atomic mass is 10.3. The second-order valence-electron chi connectivity index (χ2n) is 3.23. The van der Waals surface area contributed by atoms with E-state index in [9.17, 15) is 0 Å². The van der Waals surface area contributed by atoms with Crippen LogP contribution < -0.4 is 10.5 Å². The van der Waals surface area contributed by atoms with Crippen molar-refractivity contribution >= 4 is 17.4 Å². The van der Waals surface area contributed by atoms with Crippen molar-refractivity contribution in [2.45, 2.75) is 23.8 Å². The summed E-state index contributed by atoms with van der Waals surface area (Å²) in [4.78, 5) is 1.13. The van der Waals surface area contributed by atoms with Gasteiger partial charge in [0, 0.05) is 5.69 Å². The van der Waals surface area contributed by atoms with Crippen molar-refractivity contribution in [1.82, 2.24) is 0 Å². The summed E-state index contributed by atoms with van der Waals surface area (Å²) in [6.45, 7) is 0. The Labute approximate surface area is 82.5 Å². The Balaban J connectivity index is 2.21. The van der Waals surface area contributed by atoms with E-state index >= 15 is 0 Å². The number of ether oxygens (including phenoxy) is 1. The predicted molar refractivity (Wildman–Crippen MR) is 56.3 cm³/mol. The van der Waals surface area contributed by atoms with Gasteiger partial charge < -0.3 is 10.5 Å². The van der Waals surface area contributed by atoms with Crippen LogP contribution in [-0.2, 0) is 0 Å². The zero-order valence-electron chi connectivity index (χ0n) is 7.62. The van der Waals surface area contributed by atoms with E-state index in [0.717, 1.165) is 16.3 Å². The average Bonchev–Trinajstić information content (AvgIpc) is 2.92. The van der Waals surface area contributed by atoms with Crippen LogP contribution in [0.2, 0.25) is 0 Å². The van der Waals surface area contributed by atoms with Gasteiger partial charge in [0.25, 0.3) is 0 Å². The molecule has 2 N–H and O–H groups in total. The Morgan fingerprint density at radius 1 is 1.46 bits per heavy atom. The van der Waals surface area contributed by atoms with Crippen LogP contribution in [0.1, 0.15) is 12.8 Å². The van der Waals surface area contributed by atoms with Crippen molar-refractivity contribution in [2.24, 2.45) is 0 Å². The van der Waals surface area contributed by atoms with Crippen LogP contribution in [0.3, 0.4) is 0 Å². The van der Waals surface area contributed by atoms with Gasteiger partial charge in [0.15, 0.2) is 0 Å². The molecule has 0 atom stereocenters. The summed E-state index contributed by atoms with van der Waals surface area (Å²) in [6.07, 6.45) is 4.87. The van der Waals surface area contributed by atoms with Crippen molar-refractivity contribution in [3.63, 3.8) is 0 Å². The van der Waals surface area contributed by atoms with Crippen molar-refractivity contribution in [1.29, 1.82) is 0 Å². The molecule has 2 nitrogen and oxygen atoms in total. The van der Waals surface area contributed by atoms with Gasteiger partial charge in [0.05, 0.1) is 11.0 Å². The first-order valence-corrected chi connectivity index (χ1v) is 5.62. The van der Waals surface area contributed by atoms with E-state index in [4.69, 9.17) is 10.5 Å². The summed E-state index contributed by atoms with van der Waals surface area (Å²) in [7, 11) is 0. The lowest BCUT2D eigenvalue weighted by molar-refractivity contribution is 0.296. The molecule has 1 aromatic carbocycles. The van der Waals surface area contributed by atoms with Gasteiger partial charge in [0.1, 0.15) is 5.75 Å². The SMILES string of the molecule is CSc1cc(N)ccc1OC1CC1. The van der Waals surface area contributed by atoms with Gasteiger partial charge in [-0.3, -0.25) is 0 Å². The molecule has 1 aliphatic rings. The Morgan fingerprint density at radius 3 is 2.85 bits per heavy atom. The zero-order valence-corrected chi connectivity index (χ0v) is 8.43. The minimum Gasteiger partial charge on any atom is -0.489 e. The Hall–Kier alpha value is -0.830. The van der Waals surface area contributed by atoms with E-state index in [1.165, 1.54) is 12.8 Å². The van der Waals surface area contributed by atoms with Crippen LogP contribution in [0.5, 0.6) is 5.75 Å². The summed E-state index contributed by atoms with van der Waals surface area (Å²) in [5.41, 5.74) is 6.48. The molecule has 0 radical (unpaired) electrons. The summed E-state index contributed by atoms with van der Waals surface area (Å²) < 4.78 is 5.73. The molecule has 0 amide bonds. The molecule has 1 aromatic rings. The van der Waals surface area contributed by atoms with E-state index in [-0.39, 0.29) is 0 Å². The molecule has 3 heteroatoms. The highest BCUT2D eigenvalue weighted by atomic mass is 32.2. The maximum atomic E-state index is 5.73. The van der Waals surface area contributed by atoms with E-state index in [2.05, 4.69) is 0 Å². The number of hydrogen-bond acceptors (Lipinski definition) is 3. The van der Waals surface area contributed by atoms with Crippen molar-refractivity contribution in [3.8, 4) is 5.75 Å². The second kappa shape index (κ2) is 3.50. The second-order valence-corrected chi connectivity index (χ2v) is 4.08. The van der Waals surface area contributed by atoms with Gasteiger partial charge in [-0.15, -0.1) is 11.8 Å². The fraction of sp³-hybridized carbons (Fsp3) is 0.400. The normalized spacial score (nSPS) is 15.8. The maximum absolute atomic E-state index is 5.73. The van der Waals surface area contributed by atoms with E-state index in [1.807, 2.05) is 24.5 Å². The highest BCUT2D eigenvalue weighted by Crippen LogP contribution is 2.34. The van der Waals surface area contributed by atoms with E-state index in [1.54, 1.807) is 11.8 Å². The highest BCUT2D eigenvalue weighted by molar-refractivity contribution is 7.98. The number of nitrogen functional groups attached to an aromatic ring is 1. The lowest BCUT2D eigenvalue weighted by Gasteiger charge is -2.09. The van der Waals surface area contributed by atoms with Crippen LogP contribution in [-0.4, -0.2) is 12.4 Å². The van der Waals surface area contributed by atoms with Crippen LogP contribution in [0.15, 0.2) is 23.1 Å². The first-order valence-electron chi connectivity index (χ1n) is 4.40. The van der Waals surface area contributed by atoms with Gasteiger partial charge >= 0.3 is 0 Å². The molecule has 0 heterocycles. The Kier molecular flexibility index (Phi) is 2.36. The van der Waals surface area contributed by atoms with Crippen molar-refractivity contribution in [2.75, 3.05) is 12.0 Å². The van der Waals surface area contributed by atoms with Crippen molar-refractivity contribution < 1.29 is 4.74 Å². The Bertz CT molecular complexity index is 310. The predicted octanol–water partition coefficient (Wildman–Crippen LogP) is 2.53.